The summed E-state index contributed by atoms with van der Waals surface area (Å²) in [5, 5.41) is 18.6. The van der Waals surface area contributed by atoms with Gasteiger partial charge in [0.15, 0.2) is 0 Å². The van der Waals surface area contributed by atoms with Gasteiger partial charge in [0.2, 0.25) is 0 Å². The highest BCUT2D eigenvalue weighted by atomic mass is 16.7. The highest BCUT2D eigenvalue weighted by Crippen LogP contribution is 2.36. The molecule has 2 fully saturated rings. The van der Waals surface area contributed by atoms with Crippen LogP contribution in [0.1, 0.15) is 40.5 Å². The molecular weight excluding hydrogens is 270 g/mol. The third-order valence-electron chi connectivity index (χ3n) is 4.32. The number of aromatic nitrogens is 2. The first kappa shape index (κ1) is 16.5. The molecule has 21 heavy (non-hydrogen) atoms. The monoisotopic (exact) mass is 294 g/mol. The molecule has 3 rings (SSSR count). The molecule has 0 atom stereocenters. The van der Waals surface area contributed by atoms with Crippen molar-refractivity contribution in [1.82, 2.24) is 9.78 Å². The lowest BCUT2D eigenvalue weighted by atomic mass is 9.82. The topological polar surface area (TPSA) is 76.7 Å². The average Bonchev–Trinajstić information content (AvgIpc) is 2.98. The maximum atomic E-state index is 7.12. The van der Waals surface area contributed by atoms with E-state index in [1.165, 1.54) is 12.8 Å². The Morgan fingerprint density at radius 2 is 1.81 bits per heavy atom. The molecule has 0 amide bonds. The molecule has 1 saturated carbocycles. The summed E-state index contributed by atoms with van der Waals surface area (Å²) in [6.45, 7) is 9.31. The van der Waals surface area contributed by atoms with E-state index in [4.69, 9.17) is 19.4 Å². The maximum Gasteiger partial charge on any atom is 0.498 e. The Morgan fingerprint density at radius 1 is 1.29 bits per heavy atom. The number of hydrogen-bond donors (Lipinski definition) is 2. The van der Waals surface area contributed by atoms with Crippen molar-refractivity contribution in [3.05, 3.63) is 12.4 Å². The molecule has 2 heterocycles. The van der Waals surface area contributed by atoms with Crippen LogP contribution in [0.25, 0.3) is 0 Å². The van der Waals surface area contributed by atoms with Gasteiger partial charge in [-0.2, -0.15) is 5.10 Å². The highest BCUT2D eigenvalue weighted by molar-refractivity contribution is 6.61. The van der Waals surface area contributed by atoms with Gasteiger partial charge < -0.3 is 19.4 Å². The van der Waals surface area contributed by atoms with E-state index >= 15 is 0 Å². The first-order chi connectivity index (χ1) is 9.79. The summed E-state index contributed by atoms with van der Waals surface area (Å²) in [5.41, 5.74) is 0.460. The van der Waals surface area contributed by atoms with Crippen LogP contribution in [-0.4, -0.2) is 45.8 Å². The predicted octanol–water partition coefficient (Wildman–Crippen LogP) is -0.170. The van der Waals surface area contributed by atoms with Crippen molar-refractivity contribution < 1.29 is 19.4 Å². The molecule has 6 nitrogen and oxygen atoms in total. The van der Waals surface area contributed by atoms with Gasteiger partial charge in [-0.25, -0.2) is 0 Å². The van der Waals surface area contributed by atoms with Gasteiger partial charge in [-0.05, 0) is 46.5 Å². The first-order valence-corrected chi connectivity index (χ1v) is 7.39. The average molecular weight is 294 g/mol. The minimum atomic E-state index is -0.750. The van der Waals surface area contributed by atoms with Crippen LogP contribution < -0.4 is 5.46 Å². The van der Waals surface area contributed by atoms with Crippen molar-refractivity contribution in [3.63, 3.8) is 0 Å². The van der Waals surface area contributed by atoms with E-state index in [1.807, 2.05) is 10.9 Å². The quantitative estimate of drug-likeness (QED) is 0.757. The summed E-state index contributed by atoms with van der Waals surface area (Å²) in [4.78, 5) is 0. The Morgan fingerprint density at radius 3 is 2.29 bits per heavy atom. The van der Waals surface area contributed by atoms with Crippen molar-refractivity contribution in [3.8, 4) is 0 Å². The zero-order valence-electron chi connectivity index (χ0n) is 13.2. The predicted molar refractivity (Wildman–Crippen MR) is 82.3 cm³/mol. The zero-order valence-corrected chi connectivity index (χ0v) is 13.2. The Balaban J connectivity index is 0.000000497. The molecule has 1 aromatic heterocycles. The van der Waals surface area contributed by atoms with Gasteiger partial charge in [-0.15, -0.1) is 0 Å². The van der Waals surface area contributed by atoms with Crippen molar-refractivity contribution in [2.45, 2.75) is 58.3 Å². The number of rotatable bonds is 3. The Hall–Kier alpha value is -0.820. The molecule has 1 aliphatic heterocycles. The van der Waals surface area contributed by atoms with Crippen molar-refractivity contribution >= 4 is 20.3 Å². The third-order valence-corrected chi connectivity index (χ3v) is 4.32. The first-order valence-electron chi connectivity index (χ1n) is 7.39. The van der Waals surface area contributed by atoms with E-state index in [-0.39, 0.29) is 18.3 Å². The highest BCUT2D eigenvalue weighted by Gasteiger charge is 2.52. The molecule has 1 aromatic rings. The van der Waals surface area contributed by atoms with Crippen LogP contribution in [0.2, 0.25) is 0 Å². The van der Waals surface area contributed by atoms with E-state index < -0.39 is 7.69 Å². The molecule has 8 heteroatoms. The van der Waals surface area contributed by atoms with E-state index in [0.717, 1.165) is 17.9 Å². The maximum absolute atomic E-state index is 7.12. The normalized spacial score (nSPS) is 22.7. The fourth-order valence-corrected chi connectivity index (χ4v) is 2.15. The standard InChI is InChI=1S/C13H21BN2O2.BH3O2/c1-12(2)13(3,4)18-14(17-12)11-7-15-16(9-11)8-10-5-6-10;2-1-3/h7,9-10H,5-6,8H2,1-4H3;1-3H. The van der Waals surface area contributed by atoms with Gasteiger partial charge in [0.25, 0.3) is 0 Å². The lowest BCUT2D eigenvalue weighted by molar-refractivity contribution is 0.00578. The summed E-state index contributed by atoms with van der Waals surface area (Å²) >= 11 is 0. The molecule has 0 radical (unpaired) electrons. The largest absolute Gasteiger partial charge is 0.498 e. The van der Waals surface area contributed by atoms with Gasteiger partial charge in [0.05, 0.1) is 11.2 Å². The van der Waals surface area contributed by atoms with Crippen LogP contribution in [0, 0.1) is 5.92 Å². The van der Waals surface area contributed by atoms with Crippen molar-refractivity contribution in [2.24, 2.45) is 5.92 Å². The van der Waals surface area contributed by atoms with Gasteiger partial charge in [-0.1, -0.05) is 0 Å². The zero-order chi connectivity index (χ0) is 15.7. The Kier molecular flexibility index (Phi) is 4.82. The number of hydrogen-bond acceptors (Lipinski definition) is 5. The van der Waals surface area contributed by atoms with E-state index in [9.17, 15) is 0 Å². The summed E-state index contributed by atoms with van der Waals surface area (Å²) < 4.78 is 14.0. The molecule has 0 bridgehead atoms. The van der Waals surface area contributed by atoms with E-state index in [0.29, 0.717) is 0 Å². The van der Waals surface area contributed by atoms with Crippen LogP contribution in [0.4, 0.5) is 0 Å². The van der Waals surface area contributed by atoms with Gasteiger partial charge >= 0.3 is 14.8 Å². The molecular formula is C13H24B2N2O4. The summed E-state index contributed by atoms with van der Waals surface area (Å²) in [6.07, 6.45) is 6.60. The molecule has 2 N–H and O–H groups in total. The molecule has 0 spiro atoms. The SMILES string of the molecule is CC1(C)OB(c2cnn(CC3CC3)c2)OC1(C)C.OBO. The molecule has 1 saturated heterocycles. The molecule has 0 unspecified atom stereocenters. The van der Waals surface area contributed by atoms with Crippen LogP contribution in [0.15, 0.2) is 12.4 Å². The number of nitrogens with zero attached hydrogens (tertiary/aromatic N) is 2. The fourth-order valence-electron chi connectivity index (χ4n) is 2.15. The van der Waals surface area contributed by atoms with E-state index in [1.54, 1.807) is 0 Å². The minimum Gasteiger partial charge on any atom is -0.430 e. The van der Waals surface area contributed by atoms with Gasteiger partial charge in [0.1, 0.15) is 0 Å². The van der Waals surface area contributed by atoms with Gasteiger partial charge in [0, 0.05) is 24.4 Å². The van der Waals surface area contributed by atoms with Gasteiger partial charge in [-0.3, -0.25) is 4.68 Å². The smallest absolute Gasteiger partial charge is 0.430 e. The summed E-state index contributed by atoms with van der Waals surface area (Å²) in [6, 6.07) is 0. The second-order valence-corrected chi connectivity index (χ2v) is 6.67. The summed E-state index contributed by atoms with van der Waals surface area (Å²) in [7, 11) is -1.04. The van der Waals surface area contributed by atoms with Crippen LogP contribution in [-0.2, 0) is 15.9 Å². The lowest BCUT2D eigenvalue weighted by Crippen LogP contribution is -2.41. The Bertz CT molecular complexity index is 458. The fraction of sp³-hybridized carbons (Fsp3) is 0.769. The molecule has 0 aromatic carbocycles. The third kappa shape index (κ3) is 3.88. The second kappa shape index (κ2) is 6.12. The lowest BCUT2D eigenvalue weighted by Gasteiger charge is -2.32. The van der Waals surface area contributed by atoms with Crippen LogP contribution in [0.5, 0.6) is 0 Å². The second-order valence-electron chi connectivity index (χ2n) is 6.67. The molecule has 1 aliphatic carbocycles. The minimum absolute atomic E-state index is 0.281. The Labute approximate surface area is 126 Å². The van der Waals surface area contributed by atoms with Crippen molar-refractivity contribution in [2.75, 3.05) is 0 Å². The van der Waals surface area contributed by atoms with Crippen molar-refractivity contribution in [1.29, 1.82) is 0 Å². The van der Waals surface area contributed by atoms with Crippen LogP contribution >= 0.6 is 0 Å². The molecule has 2 aliphatic rings. The molecule has 116 valence electrons. The van der Waals surface area contributed by atoms with E-state index in [2.05, 4.69) is 39.0 Å². The summed E-state index contributed by atoms with van der Waals surface area (Å²) in [5.74, 6) is 0.830. The van der Waals surface area contributed by atoms with Crippen LogP contribution in [0.3, 0.4) is 0 Å².